The van der Waals surface area contributed by atoms with Crippen molar-refractivity contribution in [1.29, 1.82) is 0 Å². The maximum absolute atomic E-state index is 12.2. The first kappa shape index (κ1) is 15.4. The van der Waals surface area contributed by atoms with Crippen molar-refractivity contribution in [1.82, 2.24) is 15.2 Å². The Labute approximate surface area is 115 Å². The van der Waals surface area contributed by atoms with Crippen LogP contribution in [0.25, 0.3) is 0 Å². The lowest BCUT2D eigenvalue weighted by Gasteiger charge is -2.19. The van der Waals surface area contributed by atoms with E-state index in [0.29, 0.717) is 11.4 Å². The fourth-order valence-corrected chi connectivity index (χ4v) is 1.87. The van der Waals surface area contributed by atoms with Gasteiger partial charge in [-0.1, -0.05) is 6.92 Å². The fraction of sp³-hybridized carbons (Fsp3) is 0.571. The van der Waals surface area contributed by atoms with Crippen molar-refractivity contribution in [2.45, 2.75) is 26.3 Å². The number of hydrogen-bond donors (Lipinski definition) is 2. The fourth-order valence-electron chi connectivity index (χ4n) is 1.87. The van der Waals surface area contributed by atoms with Gasteiger partial charge in [0.05, 0.1) is 5.56 Å². The van der Waals surface area contributed by atoms with Crippen molar-refractivity contribution in [3.63, 3.8) is 0 Å². The molecule has 1 atom stereocenters. The molecule has 0 saturated heterocycles. The molecule has 1 heterocycles. The van der Waals surface area contributed by atoms with Gasteiger partial charge in [0.2, 0.25) is 0 Å². The third kappa shape index (κ3) is 5.26. The maximum atomic E-state index is 12.2. The molecule has 5 heteroatoms. The number of anilines is 1. The molecule has 0 fully saturated rings. The van der Waals surface area contributed by atoms with Crippen LogP contribution >= 0.6 is 0 Å². The average Bonchev–Trinajstić information content (AvgIpc) is 2.35. The SMILES string of the molecule is CCCNc1ncccc1C(=O)NC(C)CN(C)C. The number of likely N-dealkylation sites (N-methyl/N-ethyl adjacent to an activating group) is 1. The third-order valence-electron chi connectivity index (χ3n) is 2.61. The summed E-state index contributed by atoms with van der Waals surface area (Å²) in [6, 6.07) is 3.67. The number of nitrogens with zero attached hydrogens (tertiary/aromatic N) is 2. The molecular formula is C14H24N4O. The molecule has 106 valence electrons. The number of rotatable bonds is 7. The number of pyridine rings is 1. The molecule has 1 rings (SSSR count). The Hall–Kier alpha value is -1.62. The minimum atomic E-state index is -0.0824. The van der Waals surface area contributed by atoms with Crippen molar-refractivity contribution in [2.24, 2.45) is 0 Å². The topological polar surface area (TPSA) is 57.3 Å². The second-order valence-electron chi connectivity index (χ2n) is 4.96. The Morgan fingerprint density at radius 3 is 2.84 bits per heavy atom. The lowest BCUT2D eigenvalue weighted by Crippen LogP contribution is -2.39. The van der Waals surface area contributed by atoms with Crippen LogP contribution in [0.5, 0.6) is 0 Å². The highest BCUT2D eigenvalue weighted by Gasteiger charge is 2.14. The number of carbonyl (C=O) groups excluding carboxylic acids is 1. The van der Waals surface area contributed by atoms with Crippen LogP contribution in [0.4, 0.5) is 5.82 Å². The largest absolute Gasteiger partial charge is 0.369 e. The van der Waals surface area contributed by atoms with Crippen molar-refractivity contribution in [2.75, 3.05) is 32.5 Å². The third-order valence-corrected chi connectivity index (χ3v) is 2.61. The van der Waals surface area contributed by atoms with Gasteiger partial charge in [-0.15, -0.1) is 0 Å². The number of nitrogens with one attached hydrogen (secondary N) is 2. The highest BCUT2D eigenvalue weighted by atomic mass is 16.1. The average molecular weight is 264 g/mol. The molecule has 1 aromatic rings. The molecular weight excluding hydrogens is 240 g/mol. The van der Waals surface area contributed by atoms with Crippen LogP contribution in [0.1, 0.15) is 30.6 Å². The molecule has 0 aliphatic heterocycles. The van der Waals surface area contributed by atoms with Gasteiger partial charge in [-0.05, 0) is 39.6 Å². The Bertz CT molecular complexity index is 406. The van der Waals surface area contributed by atoms with Crippen LogP contribution in [0.15, 0.2) is 18.3 Å². The van der Waals surface area contributed by atoms with E-state index in [4.69, 9.17) is 0 Å². The van der Waals surface area contributed by atoms with Crippen LogP contribution < -0.4 is 10.6 Å². The van der Waals surface area contributed by atoms with E-state index in [2.05, 4.69) is 22.5 Å². The molecule has 0 aliphatic rings. The lowest BCUT2D eigenvalue weighted by atomic mass is 10.2. The zero-order chi connectivity index (χ0) is 14.3. The van der Waals surface area contributed by atoms with E-state index in [1.54, 1.807) is 18.3 Å². The normalized spacial score (nSPS) is 12.3. The Morgan fingerprint density at radius 1 is 1.47 bits per heavy atom. The molecule has 5 nitrogen and oxygen atoms in total. The number of amides is 1. The van der Waals surface area contributed by atoms with Gasteiger partial charge in [0, 0.05) is 25.3 Å². The highest BCUT2D eigenvalue weighted by Crippen LogP contribution is 2.11. The van der Waals surface area contributed by atoms with Gasteiger partial charge in [-0.2, -0.15) is 0 Å². The van der Waals surface area contributed by atoms with Crippen molar-refractivity contribution < 1.29 is 4.79 Å². The van der Waals surface area contributed by atoms with Crippen LogP contribution in [0, 0.1) is 0 Å². The summed E-state index contributed by atoms with van der Waals surface area (Å²) in [7, 11) is 3.97. The van der Waals surface area contributed by atoms with E-state index in [-0.39, 0.29) is 11.9 Å². The highest BCUT2D eigenvalue weighted by molar-refractivity contribution is 5.98. The number of aromatic nitrogens is 1. The Kier molecular flexibility index (Phi) is 6.29. The second-order valence-corrected chi connectivity index (χ2v) is 4.96. The van der Waals surface area contributed by atoms with Gasteiger partial charge < -0.3 is 15.5 Å². The molecule has 0 aliphatic carbocycles. The smallest absolute Gasteiger partial charge is 0.255 e. The summed E-state index contributed by atoms with van der Waals surface area (Å²) >= 11 is 0. The monoisotopic (exact) mass is 264 g/mol. The van der Waals surface area contributed by atoms with E-state index in [1.165, 1.54) is 0 Å². The van der Waals surface area contributed by atoms with Crippen LogP contribution in [0.3, 0.4) is 0 Å². The maximum Gasteiger partial charge on any atom is 0.255 e. The molecule has 2 N–H and O–H groups in total. The number of carbonyl (C=O) groups is 1. The second kappa shape index (κ2) is 7.74. The Balaban J connectivity index is 2.70. The molecule has 0 radical (unpaired) electrons. The van der Waals surface area contributed by atoms with E-state index in [1.807, 2.05) is 25.9 Å². The summed E-state index contributed by atoms with van der Waals surface area (Å²) in [6.45, 7) is 5.69. The molecule has 1 aromatic heterocycles. The Morgan fingerprint density at radius 2 is 2.21 bits per heavy atom. The molecule has 0 saturated carbocycles. The van der Waals surface area contributed by atoms with Gasteiger partial charge in [0.1, 0.15) is 5.82 Å². The van der Waals surface area contributed by atoms with Gasteiger partial charge in [-0.25, -0.2) is 4.98 Å². The van der Waals surface area contributed by atoms with Crippen LogP contribution in [-0.4, -0.2) is 49.0 Å². The standard InChI is InChI=1S/C14H24N4O/c1-5-8-15-13-12(7-6-9-16-13)14(19)17-11(2)10-18(3)4/h6-7,9,11H,5,8,10H2,1-4H3,(H,15,16)(H,17,19). The molecule has 0 bridgehead atoms. The van der Waals surface area contributed by atoms with E-state index < -0.39 is 0 Å². The summed E-state index contributed by atoms with van der Waals surface area (Å²) in [5.74, 6) is 0.569. The quantitative estimate of drug-likeness (QED) is 0.785. The molecule has 1 unspecified atom stereocenters. The zero-order valence-electron chi connectivity index (χ0n) is 12.2. The summed E-state index contributed by atoms with van der Waals surface area (Å²) in [5.41, 5.74) is 0.599. The van der Waals surface area contributed by atoms with Gasteiger partial charge in [0.25, 0.3) is 5.91 Å². The minimum Gasteiger partial charge on any atom is -0.369 e. The first-order valence-corrected chi connectivity index (χ1v) is 6.69. The summed E-state index contributed by atoms with van der Waals surface area (Å²) < 4.78 is 0. The van der Waals surface area contributed by atoms with E-state index in [9.17, 15) is 4.79 Å². The van der Waals surface area contributed by atoms with Gasteiger partial charge >= 0.3 is 0 Å². The van der Waals surface area contributed by atoms with Crippen molar-refractivity contribution in [3.05, 3.63) is 23.9 Å². The lowest BCUT2D eigenvalue weighted by molar-refractivity contribution is 0.0935. The van der Waals surface area contributed by atoms with E-state index in [0.717, 1.165) is 19.5 Å². The van der Waals surface area contributed by atoms with Gasteiger partial charge in [0.15, 0.2) is 0 Å². The van der Waals surface area contributed by atoms with Crippen LogP contribution in [-0.2, 0) is 0 Å². The summed E-state index contributed by atoms with van der Waals surface area (Å²) in [4.78, 5) is 18.5. The first-order valence-electron chi connectivity index (χ1n) is 6.69. The predicted molar refractivity (Wildman–Crippen MR) is 78.5 cm³/mol. The van der Waals surface area contributed by atoms with Crippen LogP contribution in [0.2, 0.25) is 0 Å². The molecule has 1 amide bonds. The molecule has 19 heavy (non-hydrogen) atoms. The predicted octanol–water partition coefficient (Wildman–Crippen LogP) is 1.58. The molecule has 0 spiro atoms. The zero-order valence-corrected chi connectivity index (χ0v) is 12.2. The first-order chi connectivity index (χ1) is 9.04. The number of hydrogen-bond acceptors (Lipinski definition) is 4. The van der Waals surface area contributed by atoms with Crippen molar-refractivity contribution in [3.8, 4) is 0 Å². The summed E-state index contributed by atoms with van der Waals surface area (Å²) in [5, 5.41) is 6.16. The summed E-state index contributed by atoms with van der Waals surface area (Å²) in [6.07, 6.45) is 2.69. The van der Waals surface area contributed by atoms with E-state index >= 15 is 0 Å². The van der Waals surface area contributed by atoms with Gasteiger partial charge in [-0.3, -0.25) is 4.79 Å². The van der Waals surface area contributed by atoms with Crippen molar-refractivity contribution >= 4 is 11.7 Å². The minimum absolute atomic E-state index is 0.0824. The molecule has 0 aromatic carbocycles.